The van der Waals surface area contributed by atoms with Crippen LogP contribution in [0.25, 0.3) is 0 Å². The number of halogens is 1. The molecule has 2 N–H and O–H groups in total. The van der Waals surface area contributed by atoms with Crippen molar-refractivity contribution < 1.29 is 4.79 Å². The number of hydrogen-bond donors (Lipinski definition) is 2. The van der Waals surface area contributed by atoms with Crippen molar-refractivity contribution >= 4 is 29.0 Å². The monoisotopic (exact) mass is 359 g/mol. The molecule has 0 aliphatic carbocycles. The van der Waals surface area contributed by atoms with Crippen LogP contribution in [-0.4, -0.2) is 42.3 Å². The summed E-state index contributed by atoms with van der Waals surface area (Å²) in [5.74, 6) is 0.677. The Bertz CT molecular complexity index is 718. The molecule has 1 fully saturated rings. The molecule has 0 saturated carbocycles. The minimum absolute atomic E-state index is 0.0493. The average molecular weight is 360 g/mol. The van der Waals surface area contributed by atoms with Crippen LogP contribution in [0.15, 0.2) is 36.5 Å². The molecule has 1 aliphatic rings. The maximum Gasteiger partial charge on any atom is 0.224 e. The van der Waals surface area contributed by atoms with Gasteiger partial charge in [-0.2, -0.15) is 5.10 Å². The number of anilines is 2. The number of nitrogens with one attached hydrogen (secondary N) is 2. The second-order valence-corrected chi connectivity index (χ2v) is 6.45. The van der Waals surface area contributed by atoms with Crippen molar-refractivity contribution in [2.75, 3.05) is 36.4 Å². The van der Waals surface area contributed by atoms with Gasteiger partial charge in [0.15, 0.2) is 5.82 Å². The summed E-state index contributed by atoms with van der Waals surface area (Å²) in [6, 6.07) is 9.38. The number of hydrogen-bond acceptors (Lipinski definition) is 5. The van der Waals surface area contributed by atoms with Gasteiger partial charge in [-0.05, 0) is 24.5 Å². The van der Waals surface area contributed by atoms with E-state index in [4.69, 9.17) is 11.6 Å². The van der Waals surface area contributed by atoms with Crippen molar-refractivity contribution in [3.05, 3.63) is 47.1 Å². The Balaban J connectivity index is 1.41. The minimum atomic E-state index is -0.0493. The van der Waals surface area contributed by atoms with Crippen LogP contribution >= 0.6 is 11.6 Å². The maximum atomic E-state index is 12.0. The number of nitrogens with zero attached hydrogens (tertiary/aromatic N) is 3. The quantitative estimate of drug-likeness (QED) is 0.743. The van der Waals surface area contributed by atoms with Crippen molar-refractivity contribution in [1.82, 2.24) is 15.5 Å². The molecule has 0 bridgehead atoms. The molecule has 3 rings (SSSR count). The lowest BCUT2D eigenvalue weighted by molar-refractivity contribution is -0.120. The van der Waals surface area contributed by atoms with Crippen LogP contribution in [0, 0.1) is 0 Å². The highest BCUT2D eigenvalue weighted by Crippen LogP contribution is 2.20. The highest BCUT2D eigenvalue weighted by molar-refractivity contribution is 6.31. The molecule has 1 aliphatic heterocycles. The smallest absolute Gasteiger partial charge is 0.224 e. The van der Waals surface area contributed by atoms with Crippen LogP contribution in [0.2, 0.25) is 5.02 Å². The molecule has 1 aromatic carbocycles. The van der Waals surface area contributed by atoms with Crippen LogP contribution in [0.3, 0.4) is 0 Å². The summed E-state index contributed by atoms with van der Waals surface area (Å²) in [6.07, 6.45) is 4.52. The van der Waals surface area contributed by atoms with E-state index in [-0.39, 0.29) is 12.3 Å². The Kier molecular flexibility index (Phi) is 6.06. The lowest BCUT2D eigenvalue weighted by Crippen LogP contribution is -2.30. The highest BCUT2D eigenvalue weighted by Gasteiger charge is 2.13. The van der Waals surface area contributed by atoms with Gasteiger partial charge in [0.1, 0.15) is 0 Å². The number of rotatable bonds is 7. The molecule has 25 heavy (non-hydrogen) atoms. The largest absolute Gasteiger partial charge is 0.370 e. The Morgan fingerprint density at radius 1 is 1.20 bits per heavy atom. The van der Waals surface area contributed by atoms with Gasteiger partial charge in [0.25, 0.3) is 0 Å². The van der Waals surface area contributed by atoms with E-state index in [2.05, 4.69) is 25.7 Å². The third-order valence-electron chi connectivity index (χ3n) is 4.17. The number of carbonyl (C=O) groups excluding carboxylic acids is 1. The Labute approximate surface area is 152 Å². The molecule has 0 unspecified atom stereocenters. The first-order valence-electron chi connectivity index (χ1n) is 8.54. The van der Waals surface area contributed by atoms with Gasteiger partial charge in [-0.1, -0.05) is 29.8 Å². The molecule has 2 aromatic rings. The van der Waals surface area contributed by atoms with Crippen LogP contribution in [0.1, 0.15) is 18.4 Å². The van der Waals surface area contributed by atoms with Crippen LogP contribution < -0.4 is 15.5 Å². The minimum Gasteiger partial charge on any atom is -0.370 e. The molecule has 1 amide bonds. The fourth-order valence-corrected chi connectivity index (χ4v) is 3.06. The second kappa shape index (κ2) is 8.67. The van der Waals surface area contributed by atoms with Crippen LogP contribution in [0.4, 0.5) is 11.5 Å². The summed E-state index contributed by atoms with van der Waals surface area (Å²) < 4.78 is 0. The fourth-order valence-electron chi connectivity index (χ4n) is 2.86. The van der Waals surface area contributed by atoms with Crippen molar-refractivity contribution in [2.45, 2.75) is 19.3 Å². The molecule has 132 valence electrons. The first-order chi connectivity index (χ1) is 12.2. The Morgan fingerprint density at radius 3 is 2.80 bits per heavy atom. The van der Waals surface area contributed by atoms with Crippen molar-refractivity contribution in [2.24, 2.45) is 0 Å². The molecule has 6 nitrogen and oxygen atoms in total. The van der Waals surface area contributed by atoms with Gasteiger partial charge in [0, 0.05) is 37.3 Å². The number of aromatic nitrogens is 2. The van der Waals surface area contributed by atoms with E-state index in [0.29, 0.717) is 18.1 Å². The molecule has 1 aromatic heterocycles. The van der Waals surface area contributed by atoms with Crippen molar-refractivity contribution in [3.63, 3.8) is 0 Å². The number of carbonyl (C=O) groups is 1. The zero-order valence-corrected chi connectivity index (χ0v) is 14.8. The van der Waals surface area contributed by atoms with Crippen LogP contribution in [-0.2, 0) is 11.2 Å². The van der Waals surface area contributed by atoms with E-state index in [1.54, 1.807) is 12.3 Å². The number of amides is 1. The predicted octanol–water partition coefficient (Wildman–Crippen LogP) is 2.50. The van der Waals surface area contributed by atoms with Crippen molar-refractivity contribution in [1.29, 1.82) is 0 Å². The summed E-state index contributed by atoms with van der Waals surface area (Å²) in [7, 11) is 0. The molecule has 0 atom stereocenters. The average Bonchev–Trinajstić information content (AvgIpc) is 3.16. The summed E-state index contributed by atoms with van der Waals surface area (Å²) in [5, 5.41) is 14.8. The van der Waals surface area contributed by atoms with E-state index in [1.165, 1.54) is 12.8 Å². The molecule has 7 heteroatoms. The first-order valence-corrected chi connectivity index (χ1v) is 8.92. The first kappa shape index (κ1) is 17.5. The van der Waals surface area contributed by atoms with E-state index < -0.39 is 0 Å². The van der Waals surface area contributed by atoms with E-state index in [9.17, 15) is 4.79 Å². The SMILES string of the molecule is O=C(Cc1ccccc1Cl)NCCNc1cc(N2CCCC2)cnn1. The molecule has 1 saturated heterocycles. The van der Waals surface area contributed by atoms with E-state index >= 15 is 0 Å². The van der Waals surface area contributed by atoms with Gasteiger partial charge in [-0.15, -0.1) is 5.10 Å². The summed E-state index contributed by atoms with van der Waals surface area (Å²) in [5.41, 5.74) is 1.93. The van der Waals surface area contributed by atoms with E-state index in [1.807, 2.05) is 24.3 Å². The third kappa shape index (κ3) is 5.06. The fraction of sp³-hybridized carbons (Fsp3) is 0.389. The molecular weight excluding hydrogens is 338 g/mol. The van der Waals surface area contributed by atoms with Gasteiger partial charge in [-0.25, -0.2) is 0 Å². The number of benzene rings is 1. The summed E-state index contributed by atoms with van der Waals surface area (Å²) in [6.45, 7) is 3.25. The van der Waals surface area contributed by atoms with Gasteiger partial charge >= 0.3 is 0 Å². The summed E-state index contributed by atoms with van der Waals surface area (Å²) >= 11 is 6.07. The molecule has 2 heterocycles. The standard InChI is InChI=1S/C18H22ClN5O/c19-16-6-2-1-5-14(16)11-18(25)21-8-7-20-17-12-15(13-22-23-17)24-9-3-4-10-24/h1-2,5-6,12-13H,3-4,7-11H2,(H,20,23)(H,21,25). The maximum absolute atomic E-state index is 12.0. The van der Waals surface area contributed by atoms with Crippen LogP contribution in [0.5, 0.6) is 0 Å². The van der Waals surface area contributed by atoms with Gasteiger partial charge in [-0.3, -0.25) is 4.79 Å². The highest BCUT2D eigenvalue weighted by atomic mass is 35.5. The lowest BCUT2D eigenvalue weighted by Gasteiger charge is -2.17. The normalized spacial score (nSPS) is 13.7. The molecule has 0 spiro atoms. The van der Waals surface area contributed by atoms with Crippen molar-refractivity contribution in [3.8, 4) is 0 Å². The van der Waals surface area contributed by atoms with Gasteiger partial charge < -0.3 is 15.5 Å². The van der Waals surface area contributed by atoms with Gasteiger partial charge in [0.05, 0.1) is 18.3 Å². The lowest BCUT2D eigenvalue weighted by atomic mass is 10.1. The zero-order chi connectivity index (χ0) is 17.5. The Hall–Kier alpha value is -2.34. The van der Waals surface area contributed by atoms with Gasteiger partial charge in [0.2, 0.25) is 5.91 Å². The second-order valence-electron chi connectivity index (χ2n) is 6.04. The topological polar surface area (TPSA) is 70.2 Å². The summed E-state index contributed by atoms with van der Waals surface area (Å²) in [4.78, 5) is 14.3. The Morgan fingerprint density at radius 2 is 2.00 bits per heavy atom. The van der Waals surface area contributed by atoms with E-state index in [0.717, 1.165) is 30.2 Å². The molecular formula is C18H22ClN5O. The predicted molar refractivity (Wildman–Crippen MR) is 100 cm³/mol. The molecule has 0 radical (unpaired) electrons. The zero-order valence-electron chi connectivity index (χ0n) is 14.0. The third-order valence-corrected chi connectivity index (χ3v) is 4.54.